The zero-order valence-electron chi connectivity index (χ0n) is 16.4. The predicted molar refractivity (Wildman–Crippen MR) is 130 cm³/mol. The fourth-order valence-electron chi connectivity index (χ4n) is 4.06. The average molecular weight is 489 g/mol. The third kappa shape index (κ3) is 3.62. The number of hydrogen-bond acceptors (Lipinski definition) is 1. The lowest BCUT2D eigenvalue weighted by atomic mass is 10.0. The number of halogens is 2. The number of carbonyl (C=O) groups is 1. The van der Waals surface area contributed by atoms with Crippen molar-refractivity contribution in [1.29, 1.82) is 0 Å². The molecule has 1 aromatic heterocycles. The van der Waals surface area contributed by atoms with E-state index >= 15 is 0 Å². The van der Waals surface area contributed by atoms with Crippen LogP contribution in [0.1, 0.15) is 15.9 Å². The van der Waals surface area contributed by atoms with Crippen molar-refractivity contribution in [2.45, 2.75) is 6.54 Å². The first-order valence-electron chi connectivity index (χ1n) is 9.78. The predicted octanol–water partition coefficient (Wildman–Crippen LogP) is 6.82. The first-order valence-corrected chi connectivity index (χ1v) is 11.0. The number of nitrogens with two attached hydrogens (primary N) is 1. The van der Waals surface area contributed by atoms with Gasteiger partial charge in [0, 0.05) is 32.4 Å². The number of carbonyl (C=O) groups excluding carboxylic acids is 1. The fourth-order valence-corrected chi connectivity index (χ4v) is 4.63. The van der Waals surface area contributed by atoms with E-state index in [0.29, 0.717) is 17.1 Å². The molecule has 31 heavy (non-hydrogen) atoms. The highest BCUT2D eigenvalue weighted by molar-refractivity contribution is 9.10. The summed E-state index contributed by atoms with van der Waals surface area (Å²) in [7, 11) is 0. The first-order chi connectivity index (χ1) is 15.0. The summed E-state index contributed by atoms with van der Waals surface area (Å²) in [5.74, 6) is -0.442. The fraction of sp³-hybridized carbons (Fsp3) is 0.0385. The van der Waals surface area contributed by atoms with Crippen molar-refractivity contribution >= 4 is 55.2 Å². The molecule has 0 atom stereocenters. The Hall–Kier alpha value is -3.08. The van der Waals surface area contributed by atoms with Gasteiger partial charge in [0.05, 0.1) is 11.0 Å². The Bertz CT molecular complexity index is 1450. The summed E-state index contributed by atoms with van der Waals surface area (Å²) in [6, 6.07) is 29.1. The van der Waals surface area contributed by atoms with Gasteiger partial charge in [0.2, 0.25) is 5.91 Å². The summed E-state index contributed by atoms with van der Waals surface area (Å²) >= 11 is 9.62. The van der Waals surface area contributed by atoms with E-state index in [4.69, 9.17) is 17.3 Å². The number of rotatable bonds is 4. The van der Waals surface area contributed by atoms with E-state index in [1.165, 1.54) is 0 Å². The van der Waals surface area contributed by atoms with E-state index in [1.807, 2.05) is 54.6 Å². The topological polar surface area (TPSA) is 48.0 Å². The van der Waals surface area contributed by atoms with Crippen LogP contribution in [0.3, 0.4) is 0 Å². The summed E-state index contributed by atoms with van der Waals surface area (Å²) < 4.78 is 3.24. The summed E-state index contributed by atoms with van der Waals surface area (Å²) in [5.41, 5.74) is 11.4. The van der Waals surface area contributed by atoms with E-state index in [-0.39, 0.29) is 0 Å². The number of amides is 1. The van der Waals surface area contributed by atoms with Crippen molar-refractivity contribution in [3.63, 3.8) is 0 Å². The zero-order valence-corrected chi connectivity index (χ0v) is 18.7. The molecule has 0 aliphatic heterocycles. The van der Waals surface area contributed by atoms with E-state index in [0.717, 1.165) is 43.0 Å². The first kappa shape index (κ1) is 19.9. The molecule has 1 heterocycles. The lowest BCUT2D eigenvalue weighted by Crippen LogP contribution is -2.11. The van der Waals surface area contributed by atoms with Crippen molar-refractivity contribution < 1.29 is 4.79 Å². The summed E-state index contributed by atoms with van der Waals surface area (Å²) in [6.45, 7) is 0.652. The molecule has 5 heteroatoms. The molecule has 1 amide bonds. The second-order valence-corrected chi connectivity index (χ2v) is 8.79. The monoisotopic (exact) mass is 487 g/mol. The van der Waals surface area contributed by atoms with E-state index in [9.17, 15) is 4.79 Å². The van der Waals surface area contributed by atoms with Crippen LogP contribution >= 0.6 is 27.5 Å². The van der Waals surface area contributed by atoms with E-state index in [1.54, 1.807) is 6.07 Å². The smallest absolute Gasteiger partial charge is 0.249 e. The molecule has 1 radical (unpaired) electrons. The minimum Gasteiger partial charge on any atom is -0.366 e. The Morgan fingerprint density at radius 3 is 2.48 bits per heavy atom. The van der Waals surface area contributed by atoms with E-state index in [2.05, 4.69) is 44.8 Å². The Morgan fingerprint density at radius 2 is 1.74 bits per heavy atom. The van der Waals surface area contributed by atoms with E-state index < -0.39 is 5.91 Å². The number of primary amides is 1. The lowest BCUT2D eigenvalue weighted by Gasteiger charge is -2.10. The Morgan fingerprint density at radius 1 is 0.968 bits per heavy atom. The van der Waals surface area contributed by atoms with Crippen LogP contribution in [0.5, 0.6) is 0 Å². The van der Waals surface area contributed by atoms with Crippen LogP contribution in [0.4, 0.5) is 0 Å². The molecule has 3 nitrogen and oxygen atoms in total. The van der Waals surface area contributed by atoms with Crippen LogP contribution in [0, 0.1) is 6.07 Å². The second kappa shape index (κ2) is 7.88. The second-order valence-electron chi connectivity index (χ2n) is 7.44. The molecule has 4 aromatic carbocycles. The van der Waals surface area contributed by atoms with Crippen molar-refractivity contribution in [2.75, 3.05) is 0 Å². The van der Waals surface area contributed by atoms with Gasteiger partial charge in [0.15, 0.2) is 0 Å². The molecule has 0 aliphatic rings. The van der Waals surface area contributed by atoms with Crippen LogP contribution < -0.4 is 5.73 Å². The van der Waals surface area contributed by atoms with Crippen molar-refractivity contribution in [3.8, 4) is 11.1 Å². The molecule has 5 rings (SSSR count). The minimum absolute atomic E-state index is 0.442. The molecule has 5 aromatic rings. The van der Waals surface area contributed by atoms with Crippen LogP contribution in [-0.4, -0.2) is 10.5 Å². The Balaban J connectivity index is 1.80. The van der Waals surface area contributed by atoms with Crippen molar-refractivity contribution in [1.82, 2.24) is 4.57 Å². The molecule has 2 N–H and O–H groups in total. The molecule has 0 saturated carbocycles. The molecular weight excluding hydrogens is 472 g/mol. The van der Waals surface area contributed by atoms with Gasteiger partial charge in [-0.25, -0.2) is 0 Å². The maximum Gasteiger partial charge on any atom is 0.249 e. The molecular formula is C26H17BrClN2O. The van der Waals surface area contributed by atoms with Gasteiger partial charge < -0.3 is 10.3 Å². The van der Waals surface area contributed by atoms with Gasteiger partial charge in [-0.15, -0.1) is 0 Å². The summed E-state index contributed by atoms with van der Waals surface area (Å²) in [5, 5.41) is 2.42. The average Bonchev–Trinajstić information content (AvgIpc) is 3.07. The third-order valence-electron chi connectivity index (χ3n) is 5.47. The molecule has 0 fully saturated rings. The highest BCUT2D eigenvalue weighted by atomic mass is 79.9. The number of nitrogens with zero attached hydrogens (tertiary/aromatic N) is 1. The minimum atomic E-state index is -0.442. The molecule has 0 spiro atoms. The van der Waals surface area contributed by atoms with Gasteiger partial charge in [-0.3, -0.25) is 4.79 Å². The van der Waals surface area contributed by atoms with Gasteiger partial charge >= 0.3 is 0 Å². The van der Waals surface area contributed by atoms with Crippen LogP contribution in [0.15, 0.2) is 83.3 Å². The lowest BCUT2D eigenvalue weighted by molar-refractivity contribution is 0.100. The maximum atomic E-state index is 12.2. The van der Waals surface area contributed by atoms with Gasteiger partial charge in [-0.05, 0) is 71.3 Å². The summed E-state index contributed by atoms with van der Waals surface area (Å²) in [4.78, 5) is 12.2. The van der Waals surface area contributed by atoms with Gasteiger partial charge in [-0.1, -0.05) is 57.9 Å². The van der Waals surface area contributed by atoms with Gasteiger partial charge in [0.1, 0.15) is 0 Å². The molecule has 151 valence electrons. The summed E-state index contributed by atoms with van der Waals surface area (Å²) in [6.07, 6.45) is 0. The molecule has 0 saturated heterocycles. The Kier molecular flexibility index (Phi) is 5.05. The van der Waals surface area contributed by atoms with Crippen molar-refractivity contribution in [2.24, 2.45) is 5.73 Å². The largest absolute Gasteiger partial charge is 0.366 e. The Labute approximate surface area is 193 Å². The van der Waals surface area contributed by atoms with Crippen LogP contribution in [-0.2, 0) is 6.54 Å². The standard InChI is InChI=1S/C26H17BrClN2O/c27-19-4-1-3-16(13-19)15-30-23-6-2-5-22(26(29)31)25(23)21-12-9-18(14-24(21)30)17-7-10-20(28)11-8-17/h1-11,13-14H,15H2,(H2,29,31). The van der Waals surface area contributed by atoms with Crippen molar-refractivity contribution in [3.05, 3.63) is 106 Å². The third-order valence-corrected chi connectivity index (χ3v) is 6.21. The molecule has 0 unspecified atom stereocenters. The number of fused-ring (bicyclic) bond motifs is 3. The zero-order chi connectivity index (χ0) is 21.5. The van der Waals surface area contributed by atoms with Gasteiger partial charge in [0.25, 0.3) is 0 Å². The SMILES string of the molecule is NC(=O)c1cccc2c1c1[c]cc(-c3ccc(Cl)cc3)cc1n2Cc1cccc(Br)c1. The number of benzene rings is 4. The maximum absolute atomic E-state index is 12.2. The molecule has 0 aliphatic carbocycles. The molecule has 0 bridgehead atoms. The number of hydrogen-bond donors (Lipinski definition) is 1. The van der Waals surface area contributed by atoms with Crippen LogP contribution in [0.25, 0.3) is 32.9 Å². The quantitative estimate of drug-likeness (QED) is 0.296. The number of aromatic nitrogens is 1. The normalized spacial score (nSPS) is 11.3. The van der Waals surface area contributed by atoms with Crippen LogP contribution in [0.2, 0.25) is 5.02 Å². The highest BCUT2D eigenvalue weighted by Gasteiger charge is 2.17. The highest BCUT2D eigenvalue weighted by Crippen LogP contribution is 2.35. The van der Waals surface area contributed by atoms with Gasteiger partial charge in [-0.2, -0.15) is 0 Å².